The summed E-state index contributed by atoms with van der Waals surface area (Å²) in [5, 5.41) is 6.40. The second-order valence-corrected chi connectivity index (χ2v) is 9.95. The van der Waals surface area contributed by atoms with Crippen molar-refractivity contribution in [1.29, 1.82) is 0 Å². The Morgan fingerprint density at radius 2 is 1.75 bits per heavy atom. The van der Waals surface area contributed by atoms with Crippen LogP contribution in [0, 0.1) is 5.82 Å². The van der Waals surface area contributed by atoms with Gasteiger partial charge < -0.3 is 14.4 Å². The molecule has 1 aromatic heterocycles. The van der Waals surface area contributed by atoms with E-state index in [0.29, 0.717) is 48.8 Å². The second-order valence-electron chi connectivity index (χ2n) is 7.73. The standard InChI is InChI=1S/C22H20FN3O5S/c23-15-2-4-16(5-3-15)32(28,29)17-7-9-26(10-8-17)22(27)19-12-18(24-25-19)14-1-6-20-21(11-14)31-13-30-20/h1-6,11-12,17H,7-10,13H2,(H,24,25). The number of sulfone groups is 1. The molecule has 2 aliphatic rings. The number of hydrogen-bond donors (Lipinski definition) is 1. The third-order valence-electron chi connectivity index (χ3n) is 5.79. The van der Waals surface area contributed by atoms with Gasteiger partial charge in [0, 0.05) is 18.7 Å². The second kappa shape index (κ2) is 7.94. The maximum absolute atomic E-state index is 13.1. The van der Waals surface area contributed by atoms with E-state index >= 15 is 0 Å². The van der Waals surface area contributed by atoms with E-state index < -0.39 is 20.9 Å². The fraction of sp³-hybridized carbons (Fsp3) is 0.273. The molecule has 10 heteroatoms. The molecule has 0 spiro atoms. The van der Waals surface area contributed by atoms with Crippen molar-refractivity contribution < 1.29 is 27.1 Å². The van der Waals surface area contributed by atoms with Gasteiger partial charge in [0.1, 0.15) is 11.5 Å². The molecule has 0 aliphatic carbocycles. The molecular weight excluding hydrogens is 437 g/mol. The smallest absolute Gasteiger partial charge is 0.271 e. The highest BCUT2D eigenvalue weighted by molar-refractivity contribution is 7.92. The van der Waals surface area contributed by atoms with Crippen molar-refractivity contribution >= 4 is 15.7 Å². The molecular formula is C22H20FN3O5S. The van der Waals surface area contributed by atoms with Crippen LogP contribution >= 0.6 is 0 Å². The Balaban J connectivity index is 1.26. The van der Waals surface area contributed by atoms with Crippen LogP contribution in [0.5, 0.6) is 11.5 Å². The molecule has 1 saturated heterocycles. The number of carbonyl (C=O) groups excluding carboxylic acids is 1. The van der Waals surface area contributed by atoms with E-state index in [9.17, 15) is 17.6 Å². The Morgan fingerprint density at radius 1 is 1.03 bits per heavy atom. The van der Waals surface area contributed by atoms with E-state index in [-0.39, 0.29) is 17.6 Å². The molecule has 8 nitrogen and oxygen atoms in total. The molecule has 166 valence electrons. The van der Waals surface area contributed by atoms with E-state index in [0.717, 1.165) is 17.7 Å². The Hall–Kier alpha value is -3.40. The zero-order valence-electron chi connectivity index (χ0n) is 17.0. The quantitative estimate of drug-likeness (QED) is 0.605. The number of H-pyrrole nitrogens is 1. The zero-order chi connectivity index (χ0) is 22.3. The highest BCUT2D eigenvalue weighted by atomic mass is 32.2. The molecule has 0 radical (unpaired) electrons. The topological polar surface area (TPSA) is 102 Å². The van der Waals surface area contributed by atoms with E-state index in [1.807, 2.05) is 6.07 Å². The molecule has 2 aromatic carbocycles. The fourth-order valence-electron chi connectivity index (χ4n) is 3.99. The summed E-state index contributed by atoms with van der Waals surface area (Å²) >= 11 is 0. The Bertz CT molecular complexity index is 1260. The minimum Gasteiger partial charge on any atom is -0.454 e. The third kappa shape index (κ3) is 3.70. The molecule has 0 unspecified atom stereocenters. The first-order chi connectivity index (χ1) is 15.4. The van der Waals surface area contributed by atoms with Crippen molar-refractivity contribution in [3.8, 4) is 22.8 Å². The maximum Gasteiger partial charge on any atom is 0.271 e. The average molecular weight is 457 g/mol. The van der Waals surface area contributed by atoms with Gasteiger partial charge in [-0.1, -0.05) is 0 Å². The van der Waals surface area contributed by atoms with Gasteiger partial charge in [-0.3, -0.25) is 9.89 Å². The summed E-state index contributed by atoms with van der Waals surface area (Å²) in [4.78, 5) is 14.6. The number of aromatic nitrogens is 2. The molecule has 5 rings (SSSR count). The van der Waals surface area contributed by atoms with Crippen LogP contribution in [-0.4, -0.2) is 54.6 Å². The van der Waals surface area contributed by atoms with E-state index in [4.69, 9.17) is 9.47 Å². The van der Waals surface area contributed by atoms with E-state index in [1.165, 1.54) is 12.1 Å². The van der Waals surface area contributed by atoms with E-state index in [1.54, 1.807) is 23.1 Å². The number of benzene rings is 2. The van der Waals surface area contributed by atoms with Gasteiger partial charge in [0.25, 0.3) is 5.91 Å². The van der Waals surface area contributed by atoms with Gasteiger partial charge in [-0.05, 0) is 61.4 Å². The summed E-state index contributed by atoms with van der Waals surface area (Å²) in [7, 11) is -3.58. The highest BCUT2D eigenvalue weighted by Crippen LogP contribution is 2.35. The number of ether oxygens (including phenoxy) is 2. The minimum atomic E-state index is -3.58. The molecule has 1 fully saturated rings. The van der Waals surface area contributed by atoms with Gasteiger partial charge in [-0.15, -0.1) is 0 Å². The number of rotatable bonds is 4. The summed E-state index contributed by atoms with van der Waals surface area (Å²) in [6.07, 6.45) is 0.628. The van der Waals surface area contributed by atoms with Gasteiger partial charge in [0.2, 0.25) is 6.79 Å². The molecule has 32 heavy (non-hydrogen) atoms. The van der Waals surface area contributed by atoms with Crippen LogP contribution in [0.15, 0.2) is 53.4 Å². The van der Waals surface area contributed by atoms with Crippen molar-refractivity contribution in [2.24, 2.45) is 0 Å². The lowest BCUT2D eigenvalue weighted by Gasteiger charge is -2.31. The third-order valence-corrected chi connectivity index (χ3v) is 8.07. The van der Waals surface area contributed by atoms with Crippen molar-refractivity contribution in [3.05, 3.63) is 60.0 Å². The number of hydrogen-bond acceptors (Lipinski definition) is 6. The van der Waals surface area contributed by atoms with Gasteiger partial charge in [0.05, 0.1) is 15.8 Å². The molecule has 0 atom stereocenters. The summed E-state index contributed by atoms with van der Waals surface area (Å²) in [5.41, 5.74) is 1.71. The van der Waals surface area contributed by atoms with Crippen LogP contribution < -0.4 is 9.47 Å². The molecule has 2 aliphatic heterocycles. The van der Waals surface area contributed by atoms with Gasteiger partial charge in [0.15, 0.2) is 21.3 Å². The average Bonchev–Trinajstić information content (AvgIpc) is 3.48. The molecule has 3 heterocycles. The van der Waals surface area contributed by atoms with Crippen molar-refractivity contribution in [2.75, 3.05) is 19.9 Å². The first-order valence-corrected chi connectivity index (χ1v) is 11.7. The first-order valence-electron chi connectivity index (χ1n) is 10.2. The van der Waals surface area contributed by atoms with Gasteiger partial charge in [-0.25, -0.2) is 12.8 Å². The summed E-state index contributed by atoms with van der Waals surface area (Å²) in [6.45, 7) is 0.792. The van der Waals surface area contributed by atoms with Crippen LogP contribution in [0.4, 0.5) is 4.39 Å². The van der Waals surface area contributed by atoms with Crippen LogP contribution in [-0.2, 0) is 9.84 Å². The molecule has 1 amide bonds. The lowest BCUT2D eigenvalue weighted by atomic mass is 10.1. The number of nitrogens with zero attached hydrogens (tertiary/aromatic N) is 2. The van der Waals surface area contributed by atoms with Gasteiger partial charge >= 0.3 is 0 Å². The lowest BCUT2D eigenvalue weighted by molar-refractivity contribution is 0.0719. The van der Waals surface area contributed by atoms with E-state index in [2.05, 4.69) is 10.2 Å². The number of likely N-dealkylation sites (tertiary alicyclic amines) is 1. The number of piperidine rings is 1. The molecule has 3 aromatic rings. The largest absolute Gasteiger partial charge is 0.454 e. The van der Waals surface area contributed by atoms with Crippen LogP contribution in [0.3, 0.4) is 0 Å². The van der Waals surface area contributed by atoms with Crippen LogP contribution in [0.2, 0.25) is 0 Å². The Labute approximate surface area is 183 Å². The zero-order valence-corrected chi connectivity index (χ0v) is 17.8. The van der Waals surface area contributed by atoms with Crippen molar-refractivity contribution in [2.45, 2.75) is 23.0 Å². The summed E-state index contributed by atoms with van der Waals surface area (Å²) in [5.74, 6) is 0.577. The molecule has 1 N–H and O–H groups in total. The molecule has 0 bridgehead atoms. The van der Waals surface area contributed by atoms with Crippen LogP contribution in [0.1, 0.15) is 23.3 Å². The minimum absolute atomic E-state index is 0.102. The molecule has 0 saturated carbocycles. The van der Waals surface area contributed by atoms with Crippen molar-refractivity contribution in [1.82, 2.24) is 15.1 Å². The Morgan fingerprint density at radius 3 is 2.50 bits per heavy atom. The Kier molecular flexibility index (Phi) is 5.09. The summed E-state index contributed by atoms with van der Waals surface area (Å²) < 4.78 is 49.5. The number of aromatic amines is 1. The van der Waals surface area contributed by atoms with Gasteiger partial charge in [-0.2, -0.15) is 5.10 Å². The predicted molar refractivity (Wildman–Crippen MR) is 113 cm³/mol. The number of nitrogens with one attached hydrogen (secondary N) is 1. The number of amides is 1. The van der Waals surface area contributed by atoms with Crippen molar-refractivity contribution in [3.63, 3.8) is 0 Å². The number of halogens is 1. The normalized spacial score (nSPS) is 16.3. The highest BCUT2D eigenvalue weighted by Gasteiger charge is 2.33. The number of carbonyl (C=O) groups is 1. The predicted octanol–water partition coefficient (Wildman–Crippen LogP) is 3.02. The number of fused-ring (bicyclic) bond motifs is 1. The maximum atomic E-state index is 13.1. The SMILES string of the molecule is O=C(c1cc(-c2ccc3c(c2)OCO3)n[nH]1)N1CCC(S(=O)(=O)c2ccc(F)cc2)CC1. The monoisotopic (exact) mass is 457 g/mol. The summed E-state index contributed by atoms with van der Waals surface area (Å²) in [6, 6.07) is 11.9. The van der Waals surface area contributed by atoms with Crippen LogP contribution in [0.25, 0.3) is 11.3 Å². The first kappa shape index (κ1) is 20.5. The fourth-order valence-corrected chi connectivity index (χ4v) is 5.72. The lowest BCUT2D eigenvalue weighted by Crippen LogP contribution is -2.42.